The van der Waals surface area contributed by atoms with Crippen LogP contribution in [0.15, 0.2) is 24.3 Å². The Hall–Kier alpha value is -0.980. The molecule has 0 bridgehead atoms. The van der Waals surface area contributed by atoms with Crippen molar-refractivity contribution in [3.8, 4) is 0 Å². The largest absolute Gasteiger partial charge is 0.385 e. The lowest BCUT2D eigenvalue weighted by molar-refractivity contribution is 1.11. The average molecular weight is 209 g/mol. The van der Waals surface area contributed by atoms with Crippen molar-refractivity contribution >= 4 is 5.69 Å². The smallest absolute Gasteiger partial charge is 0.0372 e. The van der Waals surface area contributed by atoms with Crippen LogP contribution in [0.3, 0.4) is 0 Å². The second kappa shape index (κ2) is 13.0. The third-order valence-corrected chi connectivity index (χ3v) is 1.77. The minimum Gasteiger partial charge on any atom is -0.385 e. The summed E-state index contributed by atoms with van der Waals surface area (Å²) in [5.74, 6) is 0. The molecular weight excluding hydrogens is 182 g/mol. The molecule has 1 heteroatoms. The van der Waals surface area contributed by atoms with Crippen molar-refractivity contribution in [1.82, 2.24) is 0 Å². The molecule has 0 saturated carbocycles. The molecule has 0 aliphatic heterocycles. The lowest BCUT2D eigenvalue weighted by Gasteiger charge is -2.07. The number of benzene rings is 1. The van der Waals surface area contributed by atoms with Crippen LogP contribution in [0.5, 0.6) is 0 Å². The number of rotatable bonds is 3. The highest BCUT2D eigenvalue weighted by molar-refractivity contribution is 5.50. The first kappa shape index (κ1) is 16.4. The fraction of sp³-hybridized carbons (Fsp3) is 0.571. The molecule has 0 unspecified atom stereocenters. The van der Waals surface area contributed by atoms with E-state index in [0.717, 1.165) is 13.0 Å². The SMILES string of the molecule is CC.CC.CCNc1ccccc1CC. The maximum Gasteiger partial charge on any atom is 0.0372 e. The van der Waals surface area contributed by atoms with E-state index < -0.39 is 0 Å². The van der Waals surface area contributed by atoms with E-state index in [1.165, 1.54) is 11.3 Å². The van der Waals surface area contributed by atoms with Gasteiger partial charge in [-0.1, -0.05) is 52.8 Å². The van der Waals surface area contributed by atoms with Gasteiger partial charge in [0.25, 0.3) is 0 Å². The van der Waals surface area contributed by atoms with E-state index in [9.17, 15) is 0 Å². The molecule has 0 heterocycles. The molecule has 0 aromatic heterocycles. The number of para-hydroxylation sites is 1. The summed E-state index contributed by atoms with van der Waals surface area (Å²) in [6.07, 6.45) is 1.10. The summed E-state index contributed by atoms with van der Waals surface area (Å²) in [5.41, 5.74) is 2.67. The minimum absolute atomic E-state index is 0.997. The fourth-order valence-electron chi connectivity index (χ4n) is 1.19. The van der Waals surface area contributed by atoms with Crippen molar-refractivity contribution in [3.05, 3.63) is 29.8 Å². The molecule has 0 saturated heterocycles. The van der Waals surface area contributed by atoms with Crippen molar-refractivity contribution in [2.45, 2.75) is 48.0 Å². The molecule has 0 spiro atoms. The summed E-state index contributed by atoms with van der Waals surface area (Å²) in [5, 5.41) is 3.33. The summed E-state index contributed by atoms with van der Waals surface area (Å²) >= 11 is 0. The van der Waals surface area contributed by atoms with Gasteiger partial charge in [0.1, 0.15) is 0 Å². The minimum atomic E-state index is 0.997. The van der Waals surface area contributed by atoms with Gasteiger partial charge >= 0.3 is 0 Å². The summed E-state index contributed by atoms with van der Waals surface area (Å²) in [7, 11) is 0. The summed E-state index contributed by atoms with van der Waals surface area (Å²) in [4.78, 5) is 0. The summed E-state index contributed by atoms with van der Waals surface area (Å²) in [6.45, 7) is 13.3. The summed E-state index contributed by atoms with van der Waals surface area (Å²) in [6, 6.07) is 8.44. The van der Waals surface area contributed by atoms with Crippen molar-refractivity contribution in [2.75, 3.05) is 11.9 Å². The number of anilines is 1. The Kier molecular flexibility index (Phi) is 14.3. The van der Waals surface area contributed by atoms with E-state index in [-0.39, 0.29) is 0 Å². The third kappa shape index (κ3) is 7.01. The van der Waals surface area contributed by atoms with E-state index in [1.54, 1.807) is 0 Å². The van der Waals surface area contributed by atoms with E-state index in [2.05, 4.69) is 43.4 Å². The highest BCUT2D eigenvalue weighted by Crippen LogP contribution is 2.14. The van der Waals surface area contributed by atoms with Crippen LogP contribution in [0, 0.1) is 0 Å². The molecule has 88 valence electrons. The maximum atomic E-state index is 3.33. The standard InChI is InChI=1S/C10H15N.2C2H6/c1-3-9-7-5-6-8-10(9)11-4-2;2*1-2/h5-8,11H,3-4H2,1-2H3;2*1-2H3. The van der Waals surface area contributed by atoms with Gasteiger partial charge in [-0.15, -0.1) is 0 Å². The van der Waals surface area contributed by atoms with Gasteiger partial charge in [0, 0.05) is 12.2 Å². The van der Waals surface area contributed by atoms with Crippen LogP contribution >= 0.6 is 0 Å². The Balaban J connectivity index is 0. The lowest BCUT2D eigenvalue weighted by atomic mass is 10.1. The van der Waals surface area contributed by atoms with Crippen molar-refractivity contribution in [2.24, 2.45) is 0 Å². The van der Waals surface area contributed by atoms with E-state index >= 15 is 0 Å². The zero-order valence-corrected chi connectivity index (χ0v) is 11.2. The van der Waals surface area contributed by atoms with Gasteiger partial charge in [-0.05, 0) is 25.0 Å². The van der Waals surface area contributed by atoms with Crippen LogP contribution in [0.2, 0.25) is 0 Å². The maximum absolute atomic E-state index is 3.33. The number of hydrogen-bond donors (Lipinski definition) is 1. The zero-order valence-electron chi connectivity index (χ0n) is 11.2. The van der Waals surface area contributed by atoms with Gasteiger partial charge in [0.15, 0.2) is 0 Å². The Morgan fingerprint density at radius 1 is 0.933 bits per heavy atom. The molecule has 0 aliphatic carbocycles. The molecular formula is C14H27N. The molecule has 0 atom stereocenters. The first-order chi connectivity index (χ1) is 7.38. The molecule has 0 fully saturated rings. The molecule has 0 radical (unpaired) electrons. The highest BCUT2D eigenvalue weighted by Gasteiger charge is 1.95. The van der Waals surface area contributed by atoms with Gasteiger partial charge in [0.2, 0.25) is 0 Å². The number of hydrogen-bond acceptors (Lipinski definition) is 1. The van der Waals surface area contributed by atoms with E-state index in [1.807, 2.05) is 27.7 Å². The molecule has 1 aromatic carbocycles. The molecule has 0 amide bonds. The van der Waals surface area contributed by atoms with Crippen molar-refractivity contribution in [3.63, 3.8) is 0 Å². The topological polar surface area (TPSA) is 12.0 Å². The zero-order chi connectivity index (χ0) is 12.1. The Morgan fingerprint density at radius 3 is 1.93 bits per heavy atom. The second-order valence-electron chi connectivity index (χ2n) is 2.54. The molecule has 1 rings (SSSR count). The van der Waals surface area contributed by atoms with Crippen LogP contribution in [0.25, 0.3) is 0 Å². The third-order valence-electron chi connectivity index (χ3n) is 1.77. The first-order valence-electron chi connectivity index (χ1n) is 6.20. The Morgan fingerprint density at radius 2 is 1.47 bits per heavy atom. The van der Waals surface area contributed by atoms with Gasteiger partial charge < -0.3 is 5.32 Å². The normalized spacial score (nSPS) is 7.87. The predicted octanol–water partition coefficient (Wildman–Crippen LogP) is 4.73. The molecule has 1 N–H and O–H groups in total. The predicted molar refractivity (Wildman–Crippen MR) is 72.7 cm³/mol. The van der Waals surface area contributed by atoms with E-state index in [4.69, 9.17) is 0 Å². The quantitative estimate of drug-likeness (QED) is 0.758. The first-order valence-corrected chi connectivity index (χ1v) is 6.20. The van der Waals surface area contributed by atoms with Gasteiger partial charge in [0.05, 0.1) is 0 Å². The molecule has 15 heavy (non-hydrogen) atoms. The second-order valence-corrected chi connectivity index (χ2v) is 2.54. The number of nitrogens with one attached hydrogen (secondary N) is 1. The Labute approximate surface area is 95.9 Å². The fourth-order valence-corrected chi connectivity index (χ4v) is 1.19. The lowest BCUT2D eigenvalue weighted by Crippen LogP contribution is -1.99. The molecule has 1 aromatic rings. The monoisotopic (exact) mass is 209 g/mol. The average Bonchev–Trinajstić information content (AvgIpc) is 2.35. The van der Waals surface area contributed by atoms with Crippen LogP contribution in [0.1, 0.15) is 47.1 Å². The van der Waals surface area contributed by atoms with Crippen LogP contribution in [0.4, 0.5) is 5.69 Å². The number of aryl methyl sites for hydroxylation is 1. The van der Waals surface area contributed by atoms with Crippen LogP contribution < -0.4 is 5.32 Å². The Bertz CT molecular complexity index is 218. The van der Waals surface area contributed by atoms with E-state index in [0.29, 0.717) is 0 Å². The van der Waals surface area contributed by atoms with Crippen LogP contribution in [-0.2, 0) is 6.42 Å². The molecule has 0 aliphatic rings. The van der Waals surface area contributed by atoms with Gasteiger partial charge in [-0.3, -0.25) is 0 Å². The van der Waals surface area contributed by atoms with Crippen LogP contribution in [-0.4, -0.2) is 6.54 Å². The van der Waals surface area contributed by atoms with Crippen molar-refractivity contribution in [1.29, 1.82) is 0 Å². The van der Waals surface area contributed by atoms with Gasteiger partial charge in [-0.2, -0.15) is 0 Å². The van der Waals surface area contributed by atoms with Crippen molar-refractivity contribution < 1.29 is 0 Å². The highest BCUT2D eigenvalue weighted by atomic mass is 14.9. The molecule has 1 nitrogen and oxygen atoms in total. The van der Waals surface area contributed by atoms with Gasteiger partial charge in [-0.25, -0.2) is 0 Å². The summed E-state index contributed by atoms with van der Waals surface area (Å²) < 4.78 is 0.